The van der Waals surface area contributed by atoms with Gasteiger partial charge < -0.3 is 15.0 Å². The van der Waals surface area contributed by atoms with Crippen molar-refractivity contribution in [3.05, 3.63) is 71.9 Å². The van der Waals surface area contributed by atoms with Crippen LogP contribution in [0.4, 0.5) is 0 Å². The van der Waals surface area contributed by atoms with Crippen molar-refractivity contribution in [3.8, 4) is 5.75 Å². The Hall–Kier alpha value is -2.17. The van der Waals surface area contributed by atoms with Gasteiger partial charge in [0.25, 0.3) is 0 Å². The minimum atomic E-state index is 0.574. The van der Waals surface area contributed by atoms with Gasteiger partial charge in [-0.05, 0) is 47.4 Å². The predicted octanol–water partition coefficient (Wildman–Crippen LogP) is 5.25. The largest absolute Gasteiger partial charge is 0.497 e. The number of ether oxygens (including phenoxy) is 1. The quantitative estimate of drug-likeness (QED) is 0.552. The monoisotopic (exact) mass is 378 g/mol. The van der Waals surface area contributed by atoms with Gasteiger partial charge >= 0.3 is 0 Å². The molecule has 1 aliphatic rings. The Balaban J connectivity index is 1.28. The Kier molecular flexibility index (Phi) is 5.85. The Labute approximate surface area is 165 Å². The molecule has 3 aromatic rings. The molecule has 2 heterocycles. The predicted molar refractivity (Wildman–Crippen MR) is 116 cm³/mol. The van der Waals surface area contributed by atoms with E-state index in [0.717, 1.165) is 30.0 Å². The van der Waals surface area contributed by atoms with E-state index in [1.807, 2.05) is 17.8 Å². The summed E-state index contributed by atoms with van der Waals surface area (Å²) >= 11 is 2.02. The molecule has 0 saturated carbocycles. The molecule has 0 radical (unpaired) electrons. The number of benzene rings is 2. The first-order valence-electron chi connectivity index (χ1n) is 9.53. The van der Waals surface area contributed by atoms with Crippen molar-refractivity contribution in [2.75, 3.05) is 19.4 Å². The molecule has 140 valence electrons. The fourth-order valence-corrected chi connectivity index (χ4v) is 4.74. The average Bonchev–Trinajstić information content (AvgIpc) is 3.14. The number of rotatable bonds is 7. The average molecular weight is 379 g/mol. The van der Waals surface area contributed by atoms with Crippen molar-refractivity contribution in [3.63, 3.8) is 0 Å². The van der Waals surface area contributed by atoms with Crippen LogP contribution >= 0.6 is 11.8 Å². The second kappa shape index (κ2) is 8.68. The van der Waals surface area contributed by atoms with Crippen molar-refractivity contribution in [2.24, 2.45) is 0 Å². The molecule has 0 spiro atoms. The topological polar surface area (TPSA) is 37.0 Å². The summed E-state index contributed by atoms with van der Waals surface area (Å²) in [7, 11) is 1.71. The van der Waals surface area contributed by atoms with Gasteiger partial charge in [0.1, 0.15) is 5.75 Å². The highest BCUT2D eigenvalue weighted by Crippen LogP contribution is 2.28. The molecule has 27 heavy (non-hydrogen) atoms. The van der Waals surface area contributed by atoms with Gasteiger partial charge in [0, 0.05) is 41.5 Å². The Morgan fingerprint density at radius 3 is 2.89 bits per heavy atom. The Morgan fingerprint density at radius 1 is 1.15 bits per heavy atom. The van der Waals surface area contributed by atoms with E-state index in [0.29, 0.717) is 6.04 Å². The van der Waals surface area contributed by atoms with E-state index in [1.165, 1.54) is 34.3 Å². The molecule has 3 nitrogen and oxygen atoms in total. The highest BCUT2D eigenvalue weighted by molar-refractivity contribution is 7.98. The summed E-state index contributed by atoms with van der Waals surface area (Å²) in [6.07, 6.45) is 6.79. The number of H-pyrrole nitrogens is 1. The van der Waals surface area contributed by atoms with E-state index in [9.17, 15) is 0 Å². The minimum absolute atomic E-state index is 0.574. The number of thioether (sulfide) groups is 1. The third-order valence-corrected chi connectivity index (χ3v) is 6.25. The first kappa shape index (κ1) is 18.2. The fourth-order valence-electron chi connectivity index (χ4n) is 3.68. The van der Waals surface area contributed by atoms with Gasteiger partial charge in [-0.1, -0.05) is 36.4 Å². The summed E-state index contributed by atoms with van der Waals surface area (Å²) in [6.45, 7) is 0.976. The number of aromatic nitrogens is 1. The maximum Gasteiger partial charge on any atom is 0.120 e. The number of methoxy groups -OCH3 is 1. The van der Waals surface area contributed by atoms with Gasteiger partial charge in [-0.3, -0.25) is 0 Å². The molecular formula is C23H26N2OS. The molecule has 0 saturated heterocycles. The van der Waals surface area contributed by atoms with Crippen molar-refractivity contribution < 1.29 is 4.74 Å². The van der Waals surface area contributed by atoms with E-state index in [4.69, 9.17) is 4.74 Å². The molecule has 1 aromatic heterocycles. The number of hydrogen-bond acceptors (Lipinski definition) is 3. The van der Waals surface area contributed by atoms with Gasteiger partial charge in [-0.15, -0.1) is 0 Å². The minimum Gasteiger partial charge on any atom is -0.497 e. The molecule has 4 rings (SSSR count). The van der Waals surface area contributed by atoms with Crippen LogP contribution in [-0.2, 0) is 5.75 Å². The van der Waals surface area contributed by atoms with Gasteiger partial charge in [0.15, 0.2) is 0 Å². The molecule has 1 atom stereocenters. The zero-order valence-electron chi connectivity index (χ0n) is 15.7. The third-order valence-electron chi connectivity index (χ3n) is 5.21. The van der Waals surface area contributed by atoms with Crippen LogP contribution in [0.2, 0.25) is 0 Å². The lowest BCUT2D eigenvalue weighted by atomic mass is 9.94. The molecule has 0 aliphatic carbocycles. The Bertz CT molecular complexity index is 917. The van der Waals surface area contributed by atoms with Crippen LogP contribution in [0.5, 0.6) is 5.75 Å². The van der Waals surface area contributed by atoms with Crippen LogP contribution in [0.3, 0.4) is 0 Å². The van der Waals surface area contributed by atoms with Crippen LogP contribution in [0.1, 0.15) is 24.0 Å². The highest BCUT2D eigenvalue weighted by Gasteiger charge is 2.15. The molecule has 4 heteroatoms. The molecule has 2 N–H and O–H groups in total. The molecule has 0 unspecified atom stereocenters. The first-order chi connectivity index (χ1) is 13.3. The number of nitrogens with one attached hydrogen (secondary N) is 2. The maximum atomic E-state index is 5.30. The standard InChI is InChI=1S/C23H26N2OS/c1-26-21-7-8-22-19(15-25-23(22)14-21)16-27-12-10-20-13-18(9-11-24-20)17-5-3-2-4-6-17/h2-9,14-15,20,24-25H,10-13,16H2,1H3/t20-/m1/s1. The van der Waals surface area contributed by atoms with Crippen LogP contribution < -0.4 is 10.1 Å². The molecule has 0 bridgehead atoms. The van der Waals surface area contributed by atoms with Crippen LogP contribution in [0, 0.1) is 0 Å². The van der Waals surface area contributed by atoms with E-state index in [1.54, 1.807) is 7.11 Å². The molecule has 0 fully saturated rings. The van der Waals surface area contributed by atoms with E-state index >= 15 is 0 Å². The summed E-state index contributed by atoms with van der Waals surface area (Å²) in [5, 5.41) is 4.94. The van der Waals surface area contributed by atoms with Crippen LogP contribution in [0.25, 0.3) is 16.5 Å². The van der Waals surface area contributed by atoms with Gasteiger partial charge in [0.05, 0.1) is 7.11 Å². The zero-order chi connectivity index (χ0) is 18.5. The first-order valence-corrected chi connectivity index (χ1v) is 10.7. The normalized spacial score (nSPS) is 17.1. The number of fused-ring (bicyclic) bond motifs is 1. The lowest BCUT2D eigenvalue weighted by Gasteiger charge is -2.24. The summed E-state index contributed by atoms with van der Waals surface area (Å²) in [6, 6.07) is 17.6. The second-order valence-corrected chi connectivity index (χ2v) is 8.08. The fraction of sp³-hybridized carbons (Fsp3) is 0.304. The van der Waals surface area contributed by atoms with Crippen LogP contribution in [0.15, 0.2) is 60.8 Å². The zero-order valence-corrected chi connectivity index (χ0v) is 16.5. The van der Waals surface area contributed by atoms with E-state index in [-0.39, 0.29) is 0 Å². The molecule has 2 aromatic carbocycles. The van der Waals surface area contributed by atoms with Gasteiger partial charge in [-0.25, -0.2) is 0 Å². The van der Waals surface area contributed by atoms with Crippen molar-refractivity contribution in [2.45, 2.75) is 24.6 Å². The van der Waals surface area contributed by atoms with Crippen LogP contribution in [-0.4, -0.2) is 30.4 Å². The SMILES string of the molecule is COc1ccc2c(CSCC[C@@H]3CC(c4ccccc4)=CCN3)c[nH]c2c1. The van der Waals surface area contributed by atoms with Crippen molar-refractivity contribution >= 4 is 28.2 Å². The lowest BCUT2D eigenvalue weighted by Crippen LogP contribution is -2.33. The number of aromatic amines is 1. The maximum absolute atomic E-state index is 5.30. The summed E-state index contributed by atoms with van der Waals surface area (Å²) in [5.41, 5.74) is 5.37. The summed E-state index contributed by atoms with van der Waals surface area (Å²) in [5.74, 6) is 3.11. The van der Waals surface area contributed by atoms with Gasteiger partial charge in [0.2, 0.25) is 0 Å². The van der Waals surface area contributed by atoms with Crippen molar-refractivity contribution in [1.29, 1.82) is 0 Å². The third kappa shape index (κ3) is 4.40. The van der Waals surface area contributed by atoms with Gasteiger partial charge in [-0.2, -0.15) is 11.8 Å². The highest BCUT2D eigenvalue weighted by atomic mass is 32.2. The van der Waals surface area contributed by atoms with Crippen molar-refractivity contribution in [1.82, 2.24) is 10.3 Å². The molecule has 0 amide bonds. The summed E-state index contributed by atoms with van der Waals surface area (Å²) < 4.78 is 5.30. The molecular weight excluding hydrogens is 352 g/mol. The lowest BCUT2D eigenvalue weighted by molar-refractivity contribution is 0.415. The Morgan fingerprint density at radius 2 is 2.04 bits per heavy atom. The molecule has 1 aliphatic heterocycles. The second-order valence-electron chi connectivity index (χ2n) is 6.97. The summed E-state index contributed by atoms with van der Waals surface area (Å²) in [4.78, 5) is 3.36. The number of hydrogen-bond donors (Lipinski definition) is 2. The smallest absolute Gasteiger partial charge is 0.120 e. The van der Waals surface area contributed by atoms with E-state index < -0.39 is 0 Å². The van der Waals surface area contributed by atoms with E-state index in [2.05, 4.69) is 65.0 Å².